The maximum atomic E-state index is 9.54. The van der Waals surface area contributed by atoms with Gasteiger partial charge in [0.1, 0.15) is 0 Å². The van der Waals surface area contributed by atoms with Crippen molar-refractivity contribution in [2.24, 2.45) is 5.41 Å². The van der Waals surface area contributed by atoms with Crippen LogP contribution in [0.5, 0.6) is 0 Å². The molecule has 1 aromatic heterocycles. The van der Waals surface area contributed by atoms with E-state index < -0.39 is 0 Å². The minimum Gasteiger partial charge on any atom is -0.396 e. The summed E-state index contributed by atoms with van der Waals surface area (Å²) in [5, 5.41) is 13.2. The molecule has 102 valence electrons. The predicted octanol–water partition coefficient (Wildman–Crippen LogP) is 3.50. The van der Waals surface area contributed by atoms with E-state index in [1.807, 2.05) is 11.3 Å². The van der Waals surface area contributed by atoms with Crippen LogP contribution < -0.4 is 0 Å². The van der Waals surface area contributed by atoms with Gasteiger partial charge in [-0.25, -0.2) is 0 Å². The lowest BCUT2D eigenvalue weighted by molar-refractivity contribution is 0.0431. The van der Waals surface area contributed by atoms with Crippen LogP contribution in [0.2, 0.25) is 0 Å². The monoisotopic (exact) mass is 275 g/mol. The molecule has 0 radical (unpaired) electrons. The van der Waals surface area contributed by atoms with Crippen LogP contribution in [0.4, 0.5) is 0 Å². The molecule has 1 atom stereocenters. The van der Waals surface area contributed by atoms with Gasteiger partial charge in [0.25, 0.3) is 0 Å². The van der Waals surface area contributed by atoms with E-state index in [-0.39, 0.29) is 5.41 Å². The van der Waals surface area contributed by atoms with E-state index in [1.165, 1.54) is 22.1 Å². The Kier molecular flexibility index (Phi) is 3.61. The highest BCUT2D eigenvalue weighted by atomic mass is 32.1. The van der Waals surface area contributed by atoms with Gasteiger partial charge in [0.05, 0.1) is 0 Å². The Balaban J connectivity index is 1.78. The Bertz CT molecular complexity index is 565. The molecule has 0 amide bonds. The molecule has 1 unspecified atom stereocenters. The Hall–Kier alpha value is -0.900. The lowest BCUT2D eigenvalue weighted by Gasteiger charge is -2.39. The number of likely N-dealkylation sites (tertiary alicyclic amines) is 1. The predicted molar refractivity (Wildman–Crippen MR) is 81.5 cm³/mol. The number of thiophene rings is 1. The van der Waals surface area contributed by atoms with Crippen LogP contribution in [0, 0.1) is 5.41 Å². The summed E-state index contributed by atoms with van der Waals surface area (Å²) >= 11 is 1.83. The maximum Gasteiger partial charge on any atom is 0.0497 e. The lowest BCUT2D eigenvalue weighted by Crippen LogP contribution is -2.43. The summed E-state index contributed by atoms with van der Waals surface area (Å²) in [6, 6.07) is 8.63. The molecule has 0 spiro atoms. The zero-order valence-corrected chi connectivity index (χ0v) is 12.2. The number of aliphatic hydroxyl groups excluding tert-OH is 1. The molecule has 2 heterocycles. The van der Waals surface area contributed by atoms with Crippen LogP contribution in [-0.4, -0.2) is 29.7 Å². The normalized spacial score (nSPS) is 24.9. The van der Waals surface area contributed by atoms with Gasteiger partial charge in [0.15, 0.2) is 0 Å². The molecule has 0 saturated carbocycles. The van der Waals surface area contributed by atoms with Crippen molar-refractivity contribution in [2.45, 2.75) is 26.3 Å². The van der Waals surface area contributed by atoms with E-state index in [1.54, 1.807) is 0 Å². The summed E-state index contributed by atoms with van der Waals surface area (Å²) in [6.07, 6.45) is 2.34. The number of benzene rings is 1. The highest BCUT2D eigenvalue weighted by Crippen LogP contribution is 2.32. The molecule has 1 aliphatic rings. The summed E-state index contributed by atoms with van der Waals surface area (Å²) in [5.41, 5.74) is 1.52. The van der Waals surface area contributed by atoms with Gasteiger partial charge in [0.2, 0.25) is 0 Å². The minimum atomic E-state index is 0.0874. The van der Waals surface area contributed by atoms with Crippen LogP contribution in [0.1, 0.15) is 25.3 Å². The largest absolute Gasteiger partial charge is 0.396 e. The summed E-state index contributed by atoms with van der Waals surface area (Å²) in [5.74, 6) is 0. The second-order valence-corrected chi connectivity index (χ2v) is 6.95. The van der Waals surface area contributed by atoms with Crippen LogP contribution in [0.15, 0.2) is 29.6 Å². The number of hydrogen-bond donors (Lipinski definition) is 1. The SMILES string of the molecule is CC1(CO)CCCN(Cc2csc3ccccc23)C1. The van der Waals surface area contributed by atoms with E-state index in [2.05, 4.69) is 41.5 Å². The summed E-state index contributed by atoms with van der Waals surface area (Å²) in [4.78, 5) is 2.49. The van der Waals surface area contributed by atoms with E-state index in [0.717, 1.165) is 26.1 Å². The van der Waals surface area contributed by atoms with Crippen LogP contribution in [0.25, 0.3) is 10.1 Å². The average Bonchev–Trinajstić information content (AvgIpc) is 2.83. The van der Waals surface area contributed by atoms with Gasteiger partial charge in [-0.3, -0.25) is 4.90 Å². The van der Waals surface area contributed by atoms with Gasteiger partial charge in [0, 0.05) is 29.8 Å². The molecule has 1 aromatic carbocycles. The molecule has 1 aliphatic heterocycles. The molecule has 2 nitrogen and oxygen atoms in total. The first-order valence-electron chi connectivity index (χ1n) is 6.98. The first-order valence-corrected chi connectivity index (χ1v) is 7.86. The van der Waals surface area contributed by atoms with Crippen molar-refractivity contribution in [3.05, 3.63) is 35.2 Å². The highest BCUT2D eigenvalue weighted by molar-refractivity contribution is 7.17. The number of rotatable bonds is 3. The van der Waals surface area contributed by atoms with Crippen molar-refractivity contribution in [1.82, 2.24) is 4.90 Å². The summed E-state index contributed by atoms with van der Waals surface area (Å²) in [6.45, 7) is 5.67. The second-order valence-electron chi connectivity index (χ2n) is 6.04. The number of aliphatic hydroxyl groups is 1. The highest BCUT2D eigenvalue weighted by Gasteiger charge is 2.30. The maximum absolute atomic E-state index is 9.54. The van der Waals surface area contributed by atoms with Gasteiger partial charge in [-0.05, 0) is 41.8 Å². The number of nitrogens with zero attached hydrogens (tertiary/aromatic N) is 1. The standard InChI is InChI=1S/C16H21NOS/c1-16(12-18)7-4-8-17(11-16)9-13-10-19-15-6-3-2-5-14(13)15/h2-3,5-6,10,18H,4,7-9,11-12H2,1H3. The minimum absolute atomic E-state index is 0.0874. The molecule has 3 heteroatoms. The molecule has 2 aromatic rings. The Morgan fingerprint density at radius 2 is 2.21 bits per heavy atom. The third-order valence-electron chi connectivity index (χ3n) is 4.20. The molecular weight excluding hydrogens is 254 g/mol. The molecule has 1 N–H and O–H groups in total. The van der Waals surface area contributed by atoms with Gasteiger partial charge in [-0.1, -0.05) is 25.1 Å². The molecule has 1 saturated heterocycles. The third kappa shape index (κ3) is 2.69. The second kappa shape index (κ2) is 5.23. The third-order valence-corrected chi connectivity index (χ3v) is 5.21. The summed E-state index contributed by atoms with van der Waals surface area (Å²) in [7, 11) is 0. The molecule has 19 heavy (non-hydrogen) atoms. The molecule has 1 fully saturated rings. The quantitative estimate of drug-likeness (QED) is 0.927. The van der Waals surface area contributed by atoms with Crippen molar-refractivity contribution in [3.8, 4) is 0 Å². The van der Waals surface area contributed by atoms with Gasteiger partial charge in [-0.15, -0.1) is 11.3 Å². The Labute approximate surface area is 118 Å². The van der Waals surface area contributed by atoms with Gasteiger partial charge < -0.3 is 5.11 Å². The van der Waals surface area contributed by atoms with Crippen molar-refractivity contribution < 1.29 is 5.11 Å². The Morgan fingerprint density at radius 3 is 3.05 bits per heavy atom. The number of fused-ring (bicyclic) bond motifs is 1. The first-order chi connectivity index (χ1) is 9.20. The van der Waals surface area contributed by atoms with Crippen LogP contribution in [0.3, 0.4) is 0 Å². The van der Waals surface area contributed by atoms with Crippen molar-refractivity contribution in [2.75, 3.05) is 19.7 Å². The van der Waals surface area contributed by atoms with E-state index >= 15 is 0 Å². The number of hydrogen-bond acceptors (Lipinski definition) is 3. The van der Waals surface area contributed by atoms with Crippen molar-refractivity contribution >= 4 is 21.4 Å². The molecule has 0 bridgehead atoms. The number of piperidine rings is 1. The first kappa shape index (κ1) is 13.1. The van der Waals surface area contributed by atoms with Crippen LogP contribution >= 0.6 is 11.3 Å². The van der Waals surface area contributed by atoms with E-state index in [4.69, 9.17) is 0 Å². The fourth-order valence-electron chi connectivity index (χ4n) is 3.09. The topological polar surface area (TPSA) is 23.5 Å². The summed E-state index contributed by atoms with van der Waals surface area (Å²) < 4.78 is 1.37. The Morgan fingerprint density at radius 1 is 1.37 bits per heavy atom. The van der Waals surface area contributed by atoms with Crippen LogP contribution in [-0.2, 0) is 6.54 Å². The lowest BCUT2D eigenvalue weighted by atomic mass is 9.82. The van der Waals surface area contributed by atoms with E-state index in [9.17, 15) is 5.11 Å². The molecule has 3 rings (SSSR count). The van der Waals surface area contributed by atoms with Crippen molar-refractivity contribution in [1.29, 1.82) is 0 Å². The zero-order chi connectivity index (χ0) is 13.3. The fraction of sp³-hybridized carbons (Fsp3) is 0.500. The molecular formula is C16H21NOS. The van der Waals surface area contributed by atoms with Gasteiger partial charge >= 0.3 is 0 Å². The fourth-order valence-corrected chi connectivity index (χ4v) is 4.04. The van der Waals surface area contributed by atoms with E-state index in [0.29, 0.717) is 6.61 Å². The van der Waals surface area contributed by atoms with Gasteiger partial charge in [-0.2, -0.15) is 0 Å². The molecule has 0 aliphatic carbocycles. The average molecular weight is 275 g/mol. The van der Waals surface area contributed by atoms with Crippen molar-refractivity contribution in [3.63, 3.8) is 0 Å². The zero-order valence-electron chi connectivity index (χ0n) is 11.4. The smallest absolute Gasteiger partial charge is 0.0497 e.